The third-order valence-corrected chi connectivity index (χ3v) is 6.06. The lowest BCUT2D eigenvalue weighted by molar-refractivity contribution is 0.178. The van der Waals surface area contributed by atoms with Crippen LogP contribution in [0.25, 0.3) is 0 Å². The van der Waals surface area contributed by atoms with Crippen molar-refractivity contribution in [2.75, 3.05) is 13.1 Å². The van der Waals surface area contributed by atoms with Crippen molar-refractivity contribution >= 4 is 28.7 Å². The van der Waals surface area contributed by atoms with Gasteiger partial charge in [0.15, 0.2) is 0 Å². The van der Waals surface area contributed by atoms with Crippen LogP contribution in [0.2, 0.25) is 0 Å². The van der Waals surface area contributed by atoms with E-state index in [2.05, 4.69) is 22.2 Å². The number of hydrogen-bond acceptors (Lipinski definition) is 5. The molecule has 0 saturated carbocycles. The summed E-state index contributed by atoms with van der Waals surface area (Å²) in [5.41, 5.74) is 0.939. The van der Waals surface area contributed by atoms with Gasteiger partial charge >= 0.3 is 6.03 Å². The Hall–Kier alpha value is -1.47. The highest BCUT2D eigenvalue weighted by molar-refractivity contribution is 7.11. The first-order valence-corrected chi connectivity index (χ1v) is 9.62. The summed E-state index contributed by atoms with van der Waals surface area (Å²) in [6.07, 6.45) is 3.92. The van der Waals surface area contributed by atoms with Crippen molar-refractivity contribution in [1.29, 1.82) is 0 Å². The summed E-state index contributed by atoms with van der Waals surface area (Å²) in [6.45, 7) is 7.63. The number of carbonyl (C=O) groups is 1. The standard InChI is InChI=1S/C16H22N4OS2/c1-10-8-17-15(23-10)13-4-6-20(7-5-13)16(21)18-11(2)14-9-22-12(3)19-14/h8-9,11,13H,4-7H2,1-3H3,(H,18,21). The fourth-order valence-corrected chi connectivity index (χ4v) is 4.47. The average molecular weight is 351 g/mol. The van der Waals surface area contributed by atoms with E-state index in [1.165, 1.54) is 9.88 Å². The van der Waals surface area contributed by atoms with Gasteiger partial charge in [0.1, 0.15) is 0 Å². The Balaban J connectivity index is 1.52. The Labute approximate surface area is 144 Å². The Morgan fingerprint density at radius 1 is 1.39 bits per heavy atom. The first-order chi connectivity index (χ1) is 11.0. The highest BCUT2D eigenvalue weighted by atomic mass is 32.1. The van der Waals surface area contributed by atoms with Crippen molar-refractivity contribution < 1.29 is 4.79 Å². The van der Waals surface area contributed by atoms with Gasteiger partial charge in [-0.25, -0.2) is 14.8 Å². The molecule has 2 aromatic heterocycles. The van der Waals surface area contributed by atoms with E-state index in [4.69, 9.17) is 0 Å². The molecule has 3 rings (SSSR count). The number of hydrogen-bond donors (Lipinski definition) is 1. The summed E-state index contributed by atoms with van der Waals surface area (Å²) < 4.78 is 0. The predicted molar refractivity (Wildman–Crippen MR) is 94.2 cm³/mol. The van der Waals surface area contributed by atoms with Gasteiger partial charge in [0.2, 0.25) is 0 Å². The molecule has 1 saturated heterocycles. The minimum Gasteiger partial charge on any atom is -0.330 e. The topological polar surface area (TPSA) is 58.1 Å². The number of carbonyl (C=O) groups excluding carboxylic acids is 1. The largest absolute Gasteiger partial charge is 0.330 e. The number of aryl methyl sites for hydroxylation is 2. The molecule has 1 fully saturated rings. The number of nitrogens with one attached hydrogen (secondary N) is 1. The molecule has 0 radical (unpaired) electrons. The number of aromatic nitrogens is 2. The summed E-state index contributed by atoms with van der Waals surface area (Å²) in [4.78, 5) is 24.5. The predicted octanol–water partition coefficient (Wildman–Crippen LogP) is 3.87. The maximum Gasteiger partial charge on any atom is 0.317 e. The molecule has 1 aliphatic heterocycles. The molecule has 0 aliphatic carbocycles. The van der Waals surface area contributed by atoms with Crippen LogP contribution in [0, 0.1) is 13.8 Å². The summed E-state index contributed by atoms with van der Waals surface area (Å²) >= 11 is 3.39. The molecular formula is C16H22N4OS2. The van der Waals surface area contributed by atoms with Gasteiger partial charge in [0, 0.05) is 35.5 Å². The molecule has 1 unspecified atom stereocenters. The third kappa shape index (κ3) is 3.90. The van der Waals surface area contributed by atoms with Crippen molar-refractivity contribution in [3.05, 3.63) is 32.2 Å². The quantitative estimate of drug-likeness (QED) is 0.914. The van der Waals surface area contributed by atoms with Crippen LogP contribution in [0.3, 0.4) is 0 Å². The van der Waals surface area contributed by atoms with Gasteiger partial charge in [-0.3, -0.25) is 0 Å². The molecule has 0 spiro atoms. The summed E-state index contributed by atoms with van der Waals surface area (Å²) in [6, 6.07) is -0.0382. The maximum absolute atomic E-state index is 12.4. The molecule has 2 amide bonds. The van der Waals surface area contributed by atoms with E-state index >= 15 is 0 Å². The molecule has 0 aromatic carbocycles. The molecule has 23 heavy (non-hydrogen) atoms. The molecule has 2 aromatic rings. The molecule has 1 aliphatic rings. The van der Waals surface area contributed by atoms with Crippen LogP contribution in [0.5, 0.6) is 0 Å². The first-order valence-electron chi connectivity index (χ1n) is 7.92. The van der Waals surface area contributed by atoms with Crippen LogP contribution in [-0.4, -0.2) is 34.0 Å². The Bertz CT molecular complexity index is 673. The van der Waals surface area contributed by atoms with Crippen LogP contribution in [0.4, 0.5) is 4.79 Å². The summed E-state index contributed by atoms with van der Waals surface area (Å²) in [5, 5.41) is 7.31. The zero-order valence-corrected chi connectivity index (χ0v) is 15.3. The zero-order chi connectivity index (χ0) is 16.4. The minimum atomic E-state index is -0.0493. The molecule has 0 bridgehead atoms. The number of nitrogens with zero attached hydrogens (tertiary/aromatic N) is 3. The normalized spacial score (nSPS) is 17.3. The number of rotatable bonds is 3. The lowest BCUT2D eigenvalue weighted by atomic mass is 9.98. The second-order valence-electron chi connectivity index (χ2n) is 6.03. The number of likely N-dealkylation sites (tertiary alicyclic amines) is 1. The van der Waals surface area contributed by atoms with Crippen molar-refractivity contribution in [1.82, 2.24) is 20.2 Å². The smallest absolute Gasteiger partial charge is 0.317 e. The number of urea groups is 1. The van der Waals surface area contributed by atoms with Crippen molar-refractivity contribution in [3.8, 4) is 0 Å². The highest BCUT2D eigenvalue weighted by Crippen LogP contribution is 2.30. The van der Waals surface area contributed by atoms with Crippen LogP contribution < -0.4 is 5.32 Å². The van der Waals surface area contributed by atoms with Crippen molar-refractivity contribution in [2.24, 2.45) is 0 Å². The van der Waals surface area contributed by atoms with E-state index in [0.717, 1.165) is 36.6 Å². The number of amides is 2. The molecule has 7 heteroatoms. The molecular weight excluding hydrogens is 328 g/mol. The van der Waals surface area contributed by atoms with Crippen LogP contribution >= 0.6 is 22.7 Å². The highest BCUT2D eigenvalue weighted by Gasteiger charge is 2.26. The van der Waals surface area contributed by atoms with Crippen LogP contribution in [0.1, 0.15) is 52.3 Å². The van der Waals surface area contributed by atoms with E-state index < -0.39 is 0 Å². The average Bonchev–Trinajstić information content (AvgIpc) is 3.16. The lowest BCUT2D eigenvalue weighted by Crippen LogP contribution is -2.44. The fraction of sp³-hybridized carbons (Fsp3) is 0.562. The second kappa shape index (κ2) is 6.97. The van der Waals surface area contributed by atoms with Crippen LogP contribution in [0.15, 0.2) is 11.6 Å². The number of thiazole rings is 2. The Morgan fingerprint density at radius 2 is 2.13 bits per heavy atom. The minimum absolute atomic E-state index is 0.0110. The lowest BCUT2D eigenvalue weighted by Gasteiger charge is -2.32. The van der Waals surface area contributed by atoms with E-state index in [9.17, 15) is 4.79 Å². The van der Waals surface area contributed by atoms with E-state index in [1.807, 2.05) is 30.3 Å². The SMILES string of the molecule is Cc1cnc(C2CCN(C(=O)NC(C)c3csc(C)n3)CC2)s1. The molecule has 124 valence electrons. The maximum atomic E-state index is 12.4. The van der Waals surface area contributed by atoms with E-state index in [1.54, 1.807) is 22.7 Å². The Morgan fingerprint density at radius 3 is 2.70 bits per heavy atom. The van der Waals surface area contributed by atoms with Gasteiger partial charge in [-0.05, 0) is 33.6 Å². The van der Waals surface area contributed by atoms with Crippen molar-refractivity contribution in [3.63, 3.8) is 0 Å². The van der Waals surface area contributed by atoms with Gasteiger partial charge in [-0.1, -0.05) is 0 Å². The second-order valence-corrected chi connectivity index (χ2v) is 8.36. The van der Waals surface area contributed by atoms with Crippen LogP contribution in [-0.2, 0) is 0 Å². The first kappa shape index (κ1) is 16.4. The van der Waals surface area contributed by atoms with Gasteiger partial charge in [0.05, 0.1) is 21.8 Å². The van der Waals surface area contributed by atoms with E-state index in [-0.39, 0.29) is 12.1 Å². The molecule has 5 nitrogen and oxygen atoms in total. The van der Waals surface area contributed by atoms with Gasteiger partial charge in [-0.2, -0.15) is 0 Å². The third-order valence-electron chi connectivity index (χ3n) is 4.19. The van der Waals surface area contributed by atoms with Gasteiger partial charge < -0.3 is 10.2 Å². The van der Waals surface area contributed by atoms with Gasteiger partial charge in [-0.15, -0.1) is 22.7 Å². The monoisotopic (exact) mass is 350 g/mol. The zero-order valence-electron chi connectivity index (χ0n) is 13.7. The fourth-order valence-electron chi connectivity index (χ4n) is 2.82. The Kier molecular flexibility index (Phi) is 4.96. The molecule has 1 N–H and O–H groups in total. The molecule has 1 atom stereocenters. The van der Waals surface area contributed by atoms with Crippen molar-refractivity contribution in [2.45, 2.75) is 45.6 Å². The summed E-state index contributed by atoms with van der Waals surface area (Å²) in [5.74, 6) is 0.497. The summed E-state index contributed by atoms with van der Waals surface area (Å²) in [7, 11) is 0. The van der Waals surface area contributed by atoms with E-state index in [0.29, 0.717) is 5.92 Å². The molecule has 3 heterocycles. The van der Waals surface area contributed by atoms with Gasteiger partial charge in [0.25, 0.3) is 0 Å². The number of piperidine rings is 1.